The van der Waals surface area contributed by atoms with Gasteiger partial charge in [-0.3, -0.25) is 0 Å². The van der Waals surface area contributed by atoms with E-state index in [1.54, 1.807) is 0 Å². The number of ether oxygens (including phenoxy) is 1. The summed E-state index contributed by atoms with van der Waals surface area (Å²) in [7, 11) is 4.14. The average molecular weight is 1060 g/mol. The summed E-state index contributed by atoms with van der Waals surface area (Å²) in [6.45, 7) is 0. The van der Waals surface area contributed by atoms with Gasteiger partial charge in [0.15, 0.2) is 0 Å². The summed E-state index contributed by atoms with van der Waals surface area (Å²) >= 11 is 12.7. The van der Waals surface area contributed by atoms with Crippen molar-refractivity contribution in [2.24, 2.45) is 0 Å². The fourth-order valence-electron chi connectivity index (χ4n) is 11.5. The zero-order valence-electron chi connectivity index (χ0n) is 37.2. The Morgan fingerprint density at radius 3 is 1.48 bits per heavy atom. The van der Waals surface area contributed by atoms with Gasteiger partial charge in [-0.25, -0.2) is 0 Å². The molecule has 10 aromatic rings. The summed E-state index contributed by atoms with van der Waals surface area (Å²) in [4.78, 5) is 2.13. The molecule has 0 saturated carbocycles. The highest BCUT2D eigenvalue weighted by molar-refractivity contribution is 9.10. The lowest BCUT2D eigenvalue weighted by molar-refractivity contribution is 0.447. The number of anilines is 1. The minimum atomic E-state index is -0.611. The molecule has 69 heavy (non-hydrogen) atoms. The van der Waals surface area contributed by atoms with Gasteiger partial charge in [0.2, 0.25) is 0 Å². The molecule has 9 heteroatoms. The zero-order valence-corrected chi connectivity index (χ0v) is 42.0. The predicted molar refractivity (Wildman–Crippen MR) is 291 cm³/mol. The normalized spacial score (nSPS) is 14.0. The van der Waals surface area contributed by atoms with Crippen molar-refractivity contribution in [3.63, 3.8) is 0 Å². The van der Waals surface area contributed by atoms with Crippen molar-refractivity contribution in [1.82, 2.24) is 0 Å². The molecule has 3 aliphatic rings. The van der Waals surface area contributed by atoms with Gasteiger partial charge in [0, 0.05) is 63.5 Å². The van der Waals surface area contributed by atoms with Crippen LogP contribution in [0.2, 0.25) is 0 Å². The second kappa shape index (κ2) is 16.2. The second-order valence-electron chi connectivity index (χ2n) is 18.0. The molecule has 2 aliphatic carbocycles. The lowest BCUT2D eigenvalue weighted by Crippen LogP contribution is -2.32. The molecule has 1 spiro atoms. The van der Waals surface area contributed by atoms with E-state index in [0.29, 0.717) is 17.2 Å². The van der Waals surface area contributed by atoms with Crippen molar-refractivity contribution in [2.45, 2.75) is 10.8 Å². The van der Waals surface area contributed by atoms with E-state index >= 15 is 0 Å². The van der Waals surface area contributed by atoms with E-state index in [9.17, 15) is 0 Å². The zero-order chi connectivity index (χ0) is 46.6. The molecule has 10 aromatic carbocycles. The molecule has 13 rings (SSSR count). The summed E-state index contributed by atoms with van der Waals surface area (Å²) in [5.41, 5.74) is 14.3. The number of fused-ring (bicyclic) bond motifs is 16. The summed E-state index contributed by atoms with van der Waals surface area (Å²) in [5.74, 6) is 3.65. The quantitative estimate of drug-likeness (QED) is 0.121. The van der Waals surface area contributed by atoms with Gasteiger partial charge in [0.1, 0.15) is 28.7 Å². The highest BCUT2D eigenvalue weighted by Gasteiger charge is 2.52. The van der Waals surface area contributed by atoms with Crippen LogP contribution >= 0.6 is 57.1 Å². The molecule has 0 bridgehead atoms. The van der Waals surface area contributed by atoms with Crippen LogP contribution in [-0.2, 0) is 10.8 Å². The van der Waals surface area contributed by atoms with Crippen LogP contribution < -0.4 is 22.2 Å². The molecule has 0 fully saturated rings. The average Bonchev–Trinajstić information content (AvgIpc) is 3.83. The van der Waals surface area contributed by atoms with E-state index in [2.05, 4.69) is 221 Å². The number of nitrogens with zero attached hydrogens (tertiary/aromatic N) is 1. The van der Waals surface area contributed by atoms with E-state index in [-0.39, 0.29) is 0 Å². The van der Waals surface area contributed by atoms with Crippen LogP contribution in [0.1, 0.15) is 44.5 Å². The molecular formula is C60H39Br2NO4S2. The Balaban J connectivity index is 0.843. The first-order valence-corrected chi connectivity index (χ1v) is 25.2. The van der Waals surface area contributed by atoms with E-state index in [0.717, 1.165) is 76.7 Å². The van der Waals surface area contributed by atoms with Crippen LogP contribution in [0.15, 0.2) is 203 Å². The Morgan fingerprint density at radius 1 is 0.449 bits per heavy atom. The second-order valence-corrected chi connectivity index (χ2v) is 20.5. The van der Waals surface area contributed by atoms with E-state index < -0.39 is 10.8 Å². The maximum atomic E-state index is 7.18. The van der Waals surface area contributed by atoms with Crippen molar-refractivity contribution in [3.05, 3.63) is 248 Å². The van der Waals surface area contributed by atoms with Crippen LogP contribution in [-0.4, -0.2) is 14.1 Å². The van der Waals surface area contributed by atoms with E-state index in [1.807, 2.05) is 36.4 Å². The third-order valence-corrected chi connectivity index (χ3v) is 16.1. The summed E-state index contributed by atoms with van der Waals surface area (Å²) < 4.78 is 27.1. The highest BCUT2D eigenvalue weighted by atomic mass is 79.9. The first-order chi connectivity index (χ1) is 33.8. The molecule has 0 N–H and O–H groups in total. The minimum Gasteiger partial charge on any atom is -0.455 e. The topological polar surface area (TPSA) is 40.2 Å². The highest BCUT2D eigenvalue weighted by Crippen LogP contribution is 2.64. The summed E-state index contributed by atoms with van der Waals surface area (Å²) in [6, 6.07) is 69.1. The molecule has 0 unspecified atom stereocenters. The molecular weight excluding hydrogens is 1020 g/mol. The Morgan fingerprint density at radius 2 is 0.928 bits per heavy atom. The molecule has 0 saturated heterocycles. The first kappa shape index (κ1) is 42.5. The number of thiol groups is 1. The Hall–Kier alpha value is -6.62. The molecule has 0 atom stereocenters. The van der Waals surface area contributed by atoms with Crippen LogP contribution in [0.25, 0.3) is 43.8 Å². The van der Waals surface area contributed by atoms with Crippen LogP contribution in [0.3, 0.4) is 0 Å². The largest absolute Gasteiger partial charge is 0.455 e. The van der Waals surface area contributed by atoms with Crippen molar-refractivity contribution >= 4 is 84.3 Å². The lowest BCUT2D eigenvalue weighted by Gasteiger charge is -2.40. The fraction of sp³-hybridized carbons (Fsp3) is 0.0667. The van der Waals surface area contributed by atoms with Gasteiger partial charge in [-0.15, -0.1) is 0 Å². The van der Waals surface area contributed by atoms with E-state index in [4.69, 9.17) is 17.3 Å². The van der Waals surface area contributed by atoms with Gasteiger partial charge in [0.25, 0.3) is 12.3 Å². The van der Waals surface area contributed by atoms with Crippen LogP contribution in [0.5, 0.6) is 28.7 Å². The van der Waals surface area contributed by atoms with Crippen molar-refractivity contribution in [2.75, 3.05) is 19.0 Å². The molecule has 334 valence electrons. The monoisotopic (exact) mass is 1060 g/mol. The lowest BCUT2D eigenvalue weighted by atomic mass is 9.65. The SMILES string of the molecule is CN(C)c1ccc(C2(c3ccc(OSOc4ccc5c6c(ccc5c4)C4(c5ccccc5-c5ccccc54)c4ccc5cc(OS)ccc5c4O6)cc3)c3cc(Br)ccc3-c3ccc(Br)cc32)cc1. The van der Waals surface area contributed by atoms with Crippen molar-refractivity contribution in [1.29, 1.82) is 0 Å². The van der Waals surface area contributed by atoms with Gasteiger partial charge in [-0.2, -0.15) is 0 Å². The minimum absolute atomic E-state index is 0.580. The van der Waals surface area contributed by atoms with Crippen LogP contribution in [0, 0.1) is 0 Å². The number of hydrogen-bond donors (Lipinski definition) is 1. The molecule has 1 aliphatic heterocycles. The standard InChI is InChI=1S/C60H39Br2NO4S2/c1-63(2)41-19-13-37(14-20-41)59(55-33-39(61)17-25-49(55)50-26-18-40(62)34-56(50)59)38-15-21-42(22-16-38)66-69-67-44-24-28-46-36(32-44)12-30-54-58(46)64-57-45-27-23-43(65-68)31-35(45)11-29-53(57)60(54)51-9-5-3-7-47(51)48-8-4-6-10-52(48)60/h3-34,68H,1-2H3. The maximum Gasteiger partial charge on any atom is 0.293 e. The van der Waals surface area contributed by atoms with Crippen molar-refractivity contribution in [3.8, 4) is 51.0 Å². The van der Waals surface area contributed by atoms with Crippen LogP contribution in [0.4, 0.5) is 5.69 Å². The van der Waals surface area contributed by atoms with Gasteiger partial charge in [-0.05, 0) is 151 Å². The molecule has 1 heterocycles. The molecule has 0 radical (unpaired) electrons. The summed E-state index contributed by atoms with van der Waals surface area (Å²) in [5, 5.41) is 3.98. The van der Waals surface area contributed by atoms with Gasteiger partial charge >= 0.3 is 0 Å². The molecule has 0 aromatic heterocycles. The maximum absolute atomic E-state index is 7.18. The predicted octanol–water partition coefficient (Wildman–Crippen LogP) is 16.7. The molecule has 0 amide bonds. The fourth-order valence-corrected chi connectivity index (χ4v) is 12.7. The number of hydrogen-bond acceptors (Lipinski definition) is 7. The Bertz CT molecular complexity index is 3650. The van der Waals surface area contributed by atoms with Gasteiger partial charge in [0.05, 0.1) is 10.8 Å². The summed E-state index contributed by atoms with van der Waals surface area (Å²) in [6.07, 6.45) is 0. The molecule has 5 nitrogen and oxygen atoms in total. The van der Waals surface area contributed by atoms with Gasteiger partial charge in [-0.1, -0.05) is 141 Å². The number of benzene rings is 10. The Kier molecular flexibility index (Phi) is 10.00. The third-order valence-electron chi connectivity index (χ3n) is 14.4. The number of halogens is 2. The first-order valence-electron chi connectivity index (χ1n) is 22.6. The van der Waals surface area contributed by atoms with E-state index in [1.165, 1.54) is 50.1 Å². The van der Waals surface area contributed by atoms with Crippen molar-refractivity contribution < 1.29 is 17.3 Å². The van der Waals surface area contributed by atoms with Gasteiger partial charge < -0.3 is 22.2 Å². The smallest absolute Gasteiger partial charge is 0.293 e. The Labute approximate surface area is 426 Å². The number of rotatable bonds is 8. The third kappa shape index (κ3) is 6.30.